The van der Waals surface area contributed by atoms with Crippen molar-refractivity contribution < 1.29 is 27.5 Å². The summed E-state index contributed by atoms with van der Waals surface area (Å²) in [5, 5.41) is 0. The standard InChI is InChI=1S/C18H18BrF3N2O3/c19-12-3-5-13(6-4-12)24-7-1-2-14(16(25)18(20,21)22)15(17(24)26)23-8-10-27-11-9-23/h3-6H,1-2,7-11H2. The van der Waals surface area contributed by atoms with Crippen molar-refractivity contribution in [2.45, 2.75) is 19.0 Å². The predicted molar refractivity (Wildman–Crippen MR) is 96.2 cm³/mol. The number of carbonyl (C=O) groups is 2. The minimum Gasteiger partial charge on any atom is -0.378 e. The average molecular weight is 447 g/mol. The van der Waals surface area contributed by atoms with Crippen LogP contribution in [-0.4, -0.2) is 55.6 Å². The molecule has 0 spiro atoms. The lowest BCUT2D eigenvalue weighted by Gasteiger charge is -2.33. The number of amides is 1. The number of halogens is 4. The molecule has 2 aliphatic rings. The summed E-state index contributed by atoms with van der Waals surface area (Å²) in [4.78, 5) is 28.2. The van der Waals surface area contributed by atoms with Crippen molar-refractivity contribution in [3.63, 3.8) is 0 Å². The molecule has 0 atom stereocenters. The highest BCUT2D eigenvalue weighted by molar-refractivity contribution is 9.10. The van der Waals surface area contributed by atoms with Crippen molar-refractivity contribution in [3.8, 4) is 0 Å². The number of allylic oxidation sites excluding steroid dienone is 1. The Morgan fingerprint density at radius 3 is 2.30 bits per heavy atom. The Morgan fingerprint density at radius 2 is 1.70 bits per heavy atom. The predicted octanol–water partition coefficient (Wildman–Crippen LogP) is 3.29. The van der Waals surface area contributed by atoms with E-state index in [0.717, 1.165) is 4.47 Å². The van der Waals surface area contributed by atoms with Gasteiger partial charge in [0.05, 0.1) is 13.2 Å². The first-order valence-electron chi connectivity index (χ1n) is 8.54. The van der Waals surface area contributed by atoms with Crippen molar-refractivity contribution in [1.82, 2.24) is 4.90 Å². The molecule has 1 amide bonds. The van der Waals surface area contributed by atoms with Gasteiger partial charge in [0.2, 0.25) is 0 Å². The van der Waals surface area contributed by atoms with Crippen LogP contribution in [0.3, 0.4) is 0 Å². The fraction of sp³-hybridized carbons (Fsp3) is 0.444. The third-order valence-corrected chi connectivity index (χ3v) is 5.07. The Bertz CT molecular complexity index is 756. The highest BCUT2D eigenvalue weighted by atomic mass is 79.9. The van der Waals surface area contributed by atoms with Gasteiger partial charge in [-0.25, -0.2) is 0 Å². The summed E-state index contributed by atoms with van der Waals surface area (Å²) in [7, 11) is 0. The SMILES string of the molecule is O=C1C(N2CCOCC2)=C(C(=O)C(F)(F)F)CCCN1c1ccc(Br)cc1. The molecule has 1 saturated heterocycles. The molecule has 5 nitrogen and oxygen atoms in total. The van der Waals surface area contributed by atoms with Crippen molar-refractivity contribution in [2.24, 2.45) is 0 Å². The molecule has 0 N–H and O–H groups in total. The molecular formula is C18H18BrF3N2O3. The van der Waals surface area contributed by atoms with Crippen molar-refractivity contribution in [2.75, 3.05) is 37.7 Å². The highest BCUT2D eigenvalue weighted by Gasteiger charge is 2.44. The minimum atomic E-state index is -5.01. The summed E-state index contributed by atoms with van der Waals surface area (Å²) >= 11 is 3.32. The van der Waals surface area contributed by atoms with Gasteiger partial charge in [-0.2, -0.15) is 13.2 Å². The summed E-state index contributed by atoms with van der Waals surface area (Å²) in [5.74, 6) is -2.51. The normalized spacial score (nSPS) is 19.3. The van der Waals surface area contributed by atoms with Gasteiger partial charge < -0.3 is 14.5 Å². The summed E-state index contributed by atoms with van der Waals surface area (Å²) in [5.41, 5.74) is -0.0234. The van der Waals surface area contributed by atoms with Gasteiger partial charge in [-0.3, -0.25) is 9.59 Å². The number of benzene rings is 1. The first-order chi connectivity index (χ1) is 12.8. The maximum absolute atomic E-state index is 13.2. The first-order valence-corrected chi connectivity index (χ1v) is 9.33. The van der Waals surface area contributed by atoms with Gasteiger partial charge in [0.25, 0.3) is 11.7 Å². The largest absolute Gasteiger partial charge is 0.454 e. The lowest BCUT2D eigenvalue weighted by atomic mass is 10.0. The van der Waals surface area contributed by atoms with Crippen LogP contribution in [0, 0.1) is 0 Å². The van der Waals surface area contributed by atoms with Crippen LogP contribution in [0.5, 0.6) is 0 Å². The minimum absolute atomic E-state index is 0.0935. The van der Waals surface area contributed by atoms with E-state index in [2.05, 4.69) is 15.9 Å². The molecule has 0 aliphatic carbocycles. The number of ether oxygens (including phenoxy) is 1. The number of rotatable bonds is 3. The molecule has 2 aliphatic heterocycles. The molecule has 3 rings (SSSR count). The lowest BCUT2D eigenvalue weighted by molar-refractivity contribution is -0.167. The van der Waals surface area contributed by atoms with Crippen LogP contribution < -0.4 is 4.90 Å². The molecule has 27 heavy (non-hydrogen) atoms. The van der Waals surface area contributed by atoms with E-state index in [1.807, 2.05) is 0 Å². The van der Waals surface area contributed by atoms with E-state index in [0.29, 0.717) is 18.9 Å². The number of alkyl halides is 3. The molecule has 1 aromatic rings. The zero-order valence-electron chi connectivity index (χ0n) is 14.4. The second-order valence-electron chi connectivity index (χ2n) is 6.29. The second kappa shape index (κ2) is 8.02. The van der Waals surface area contributed by atoms with Crippen LogP contribution >= 0.6 is 15.9 Å². The van der Waals surface area contributed by atoms with Gasteiger partial charge in [0, 0.05) is 35.4 Å². The van der Waals surface area contributed by atoms with Crippen molar-refractivity contribution in [1.29, 1.82) is 0 Å². The van der Waals surface area contributed by atoms with Crippen LogP contribution in [0.2, 0.25) is 0 Å². The van der Waals surface area contributed by atoms with Crippen molar-refractivity contribution >= 4 is 33.3 Å². The molecule has 146 valence electrons. The highest BCUT2D eigenvalue weighted by Crippen LogP contribution is 2.32. The average Bonchev–Trinajstić information content (AvgIpc) is 2.81. The fourth-order valence-electron chi connectivity index (χ4n) is 3.26. The summed E-state index contributed by atoms with van der Waals surface area (Å²) in [6.45, 7) is 1.36. The van der Waals surface area contributed by atoms with Gasteiger partial charge in [-0.15, -0.1) is 0 Å². The van der Waals surface area contributed by atoms with Crippen LogP contribution in [-0.2, 0) is 14.3 Å². The second-order valence-corrected chi connectivity index (χ2v) is 7.21. The zero-order chi connectivity index (χ0) is 19.6. The molecule has 2 heterocycles. The summed E-state index contributed by atoms with van der Waals surface area (Å²) in [6.07, 6.45) is -4.84. The molecule has 0 aromatic heterocycles. The quantitative estimate of drug-likeness (QED) is 0.714. The van der Waals surface area contributed by atoms with E-state index in [-0.39, 0.29) is 38.2 Å². The summed E-state index contributed by atoms with van der Waals surface area (Å²) < 4.78 is 45.5. The molecule has 0 bridgehead atoms. The number of anilines is 1. The number of morpholine rings is 1. The molecule has 0 radical (unpaired) electrons. The topological polar surface area (TPSA) is 49.9 Å². The Labute approximate surface area is 162 Å². The monoisotopic (exact) mass is 446 g/mol. The third-order valence-electron chi connectivity index (χ3n) is 4.54. The molecule has 1 aromatic carbocycles. The Morgan fingerprint density at radius 1 is 1.07 bits per heavy atom. The van der Waals surface area contributed by atoms with Crippen LogP contribution in [0.1, 0.15) is 12.8 Å². The maximum atomic E-state index is 13.2. The Hall–Kier alpha value is -1.87. The van der Waals surface area contributed by atoms with E-state index < -0.39 is 23.4 Å². The maximum Gasteiger partial charge on any atom is 0.454 e. The zero-order valence-corrected chi connectivity index (χ0v) is 16.0. The number of hydrogen-bond donors (Lipinski definition) is 0. The lowest BCUT2D eigenvalue weighted by Crippen LogP contribution is -2.44. The molecule has 0 unspecified atom stereocenters. The van der Waals surface area contributed by atoms with E-state index in [1.165, 1.54) is 4.90 Å². The molecular weight excluding hydrogens is 429 g/mol. The number of ketones is 1. The number of nitrogens with zero attached hydrogens (tertiary/aromatic N) is 2. The van der Waals surface area contributed by atoms with E-state index >= 15 is 0 Å². The molecule has 0 saturated carbocycles. The number of hydrogen-bond acceptors (Lipinski definition) is 4. The van der Waals surface area contributed by atoms with Gasteiger partial charge in [-0.1, -0.05) is 15.9 Å². The van der Waals surface area contributed by atoms with E-state index in [9.17, 15) is 22.8 Å². The molecule has 9 heteroatoms. The van der Waals surface area contributed by atoms with Crippen LogP contribution in [0.15, 0.2) is 40.0 Å². The van der Waals surface area contributed by atoms with Gasteiger partial charge in [0.15, 0.2) is 0 Å². The van der Waals surface area contributed by atoms with Crippen LogP contribution in [0.4, 0.5) is 18.9 Å². The van der Waals surface area contributed by atoms with Crippen molar-refractivity contribution in [3.05, 3.63) is 40.0 Å². The fourth-order valence-corrected chi connectivity index (χ4v) is 3.53. The smallest absolute Gasteiger partial charge is 0.378 e. The van der Waals surface area contributed by atoms with E-state index in [1.54, 1.807) is 29.2 Å². The van der Waals surface area contributed by atoms with Gasteiger partial charge in [0.1, 0.15) is 5.70 Å². The Kier molecular flexibility index (Phi) is 5.90. The van der Waals surface area contributed by atoms with Crippen LogP contribution in [0.25, 0.3) is 0 Å². The molecule has 1 fully saturated rings. The summed E-state index contributed by atoms with van der Waals surface area (Å²) in [6, 6.07) is 6.95. The number of carbonyl (C=O) groups excluding carboxylic acids is 2. The van der Waals surface area contributed by atoms with Gasteiger partial charge in [-0.05, 0) is 37.1 Å². The van der Waals surface area contributed by atoms with E-state index in [4.69, 9.17) is 4.74 Å². The van der Waals surface area contributed by atoms with Gasteiger partial charge >= 0.3 is 6.18 Å². The third kappa shape index (κ3) is 4.35. The Balaban J connectivity index is 2.05. The number of Topliss-reactive ketones (excluding diaryl/α,β-unsaturated/α-hetero) is 1. The first kappa shape index (κ1) is 19.9.